The molecule has 3 rings (SSSR count). The van der Waals surface area contributed by atoms with E-state index in [1.54, 1.807) is 0 Å². The van der Waals surface area contributed by atoms with Gasteiger partial charge in [0, 0.05) is 43.7 Å². The molecule has 0 atom stereocenters. The third kappa shape index (κ3) is 6.31. The summed E-state index contributed by atoms with van der Waals surface area (Å²) in [7, 11) is 3.89. The standard InChI is InChI=1S/C23H27N5O/c1-17-16-21(28(2)3)27-23(24-17)26-20-14-12-19(13-15-20)25-22(29)11-7-10-18-8-5-4-6-9-18/h4-6,8-9,12-16H,7,10-11H2,1-3H3,(H,25,29)(H,24,26,27). The maximum absolute atomic E-state index is 12.2. The average molecular weight is 390 g/mol. The Hall–Kier alpha value is -3.41. The minimum absolute atomic E-state index is 0.0271. The zero-order chi connectivity index (χ0) is 20.6. The average Bonchev–Trinajstić information content (AvgIpc) is 2.70. The molecule has 0 spiro atoms. The summed E-state index contributed by atoms with van der Waals surface area (Å²) in [5.41, 5.74) is 3.79. The van der Waals surface area contributed by atoms with Crippen LogP contribution in [0.2, 0.25) is 0 Å². The first-order valence-corrected chi connectivity index (χ1v) is 9.73. The minimum atomic E-state index is 0.0271. The Bertz CT molecular complexity index is 939. The van der Waals surface area contributed by atoms with Gasteiger partial charge in [0.05, 0.1) is 0 Å². The summed E-state index contributed by atoms with van der Waals surface area (Å²) in [5.74, 6) is 1.42. The maximum atomic E-state index is 12.2. The molecule has 0 aliphatic rings. The van der Waals surface area contributed by atoms with Crippen molar-refractivity contribution in [2.45, 2.75) is 26.2 Å². The van der Waals surface area contributed by atoms with Crippen LogP contribution in [0.5, 0.6) is 0 Å². The molecule has 150 valence electrons. The molecule has 0 aliphatic heterocycles. The lowest BCUT2D eigenvalue weighted by Crippen LogP contribution is -2.13. The van der Waals surface area contributed by atoms with E-state index in [1.807, 2.05) is 74.4 Å². The molecule has 0 radical (unpaired) electrons. The molecule has 29 heavy (non-hydrogen) atoms. The summed E-state index contributed by atoms with van der Waals surface area (Å²) in [6.45, 7) is 1.94. The normalized spacial score (nSPS) is 10.4. The highest BCUT2D eigenvalue weighted by atomic mass is 16.1. The second-order valence-electron chi connectivity index (χ2n) is 7.18. The van der Waals surface area contributed by atoms with Crippen LogP contribution in [0.1, 0.15) is 24.1 Å². The summed E-state index contributed by atoms with van der Waals surface area (Å²) in [6, 6.07) is 19.7. The first-order chi connectivity index (χ1) is 14.0. The molecular formula is C23H27N5O. The fraction of sp³-hybridized carbons (Fsp3) is 0.261. The number of hydrogen-bond donors (Lipinski definition) is 2. The third-order valence-electron chi connectivity index (χ3n) is 4.44. The molecule has 0 unspecified atom stereocenters. The van der Waals surface area contributed by atoms with Gasteiger partial charge in [0.2, 0.25) is 11.9 Å². The quantitative estimate of drug-likeness (QED) is 0.591. The van der Waals surface area contributed by atoms with Gasteiger partial charge in [-0.3, -0.25) is 4.79 Å². The highest BCUT2D eigenvalue weighted by molar-refractivity contribution is 5.90. The Kier molecular flexibility index (Phi) is 6.79. The first kappa shape index (κ1) is 20.3. The molecule has 0 saturated carbocycles. The Balaban J connectivity index is 1.51. The molecule has 0 fully saturated rings. The predicted molar refractivity (Wildman–Crippen MR) is 119 cm³/mol. The van der Waals surface area contributed by atoms with E-state index in [-0.39, 0.29) is 5.91 Å². The van der Waals surface area contributed by atoms with Gasteiger partial charge in [0.15, 0.2) is 0 Å². The molecule has 0 bridgehead atoms. The van der Waals surface area contributed by atoms with Crippen molar-refractivity contribution >= 4 is 29.0 Å². The monoisotopic (exact) mass is 389 g/mol. The van der Waals surface area contributed by atoms with E-state index in [9.17, 15) is 4.79 Å². The van der Waals surface area contributed by atoms with E-state index >= 15 is 0 Å². The van der Waals surface area contributed by atoms with E-state index in [0.717, 1.165) is 35.7 Å². The van der Waals surface area contributed by atoms with Gasteiger partial charge in [0.1, 0.15) is 5.82 Å². The lowest BCUT2D eigenvalue weighted by Gasteiger charge is -2.14. The Morgan fingerprint density at radius 1 is 0.966 bits per heavy atom. The van der Waals surface area contributed by atoms with Gasteiger partial charge in [-0.2, -0.15) is 4.98 Å². The van der Waals surface area contributed by atoms with Gasteiger partial charge in [-0.25, -0.2) is 4.98 Å². The largest absolute Gasteiger partial charge is 0.363 e. The van der Waals surface area contributed by atoms with Crippen LogP contribution in [0.15, 0.2) is 60.7 Å². The van der Waals surface area contributed by atoms with E-state index in [4.69, 9.17) is 0 Å². The zero-order valence-corrected chi connectivity index (χ0v) is 17.1. The van der Waals surface area contributed by atoms with Gasteiger partial charge in [-0.15, -0.1) is 0 Å². The molecular weight excluding hydrogens is 362 g/mol. The molecule has 1 aromatic heterocycles. The summed E-state index contributed by atoms with van der Waals surface area (Å²) < 4.78 is 0. The molecule has 6 nitrogen and oxygen atoms in total. The Morgan fingerprint density at radius 2 is 1.66 bits per heavy atom. The van der Waals surface area contributed by atoms with Gasteiger partial charge in [-0.1, -0.05) is 30.3 Å². The molecule has 0 saturated heterocycles. The van der Waals surface area contributed by atoms with Crippen LogP contribution in [0.4, 0.5) is 23.1 Å². The van der Waals surface area contributed by atoms with Crippen molar-refractivity contribution in [3.05, 3.63) is 71.9 Å². The molecule has 0 aliphatic carbocycles. The Labute approximate surface area is 172 Å². The van der Waals surface area contributed by atoms with Gasteiger partial charge in [0.25, 0.3) is 0 Å². The lowest BCUT2D eigenvalue weighted by molar-refractivity contribution is -0.116. The Morgan fingerprint density at radius 3 is 2.34 bits per heavy atom. The van der Waals surface area contributed by atoms with E-state index in [2.05, 4.69) is 32.7 Å². The zero-order valence-electron chi connectivity index (χ0n) is 17.1. The third-order valence-corrected chi connectivity index (χ3v) is 4.44. The summed E-state index contributed by atoms with van der Waals surface area (Å²) in [6.07, 6.45) is 2.23. The number of nitrogens with zero attached hydrogens (tertiary/aromatic N) is 3. The van der Waals surface area contributed by atoms with Crippen LogP contribution in [-0.4, -0.2) is 30.0 Å². The van der Waals surface area contributed by atoms with Crippen molar-refractivity contribution in [1.29, 1.82) is 0 Å². The predicted octanol–water partition coefficient (Wildman–Crippen LogP) is 4.56. The number of carbonyl (C=O) groups excluding carboxylic acids is 1. The second-order valence-corrected chi connectivity index (χ2v) is 7.18. The van der Waals surface area contributed by atoms with Crippen LogP contribution in [0, 0.1) is 6.92 Å². The smallest absolute Gasteiger partial charge is 0.229 e. The van der Waals surface area contributed by atoms with Crippen LogP contribution in [-0.2, 0) is 11.2 Å². The summed E-state index contributed by atoms with van der Waals surface area (Å²) in [4.78, 5) is 23.0. The van der Waals surface area contributed by atoms with Crippen LogP contribution in [0.25, 0.3) is 0 Å². The van der Waals surface area contributed by atoms with Crippen molar-refractivity contribution in [3.63, 3.8) is 0 Å². The van der Waals surface area contributed by atoms with Crippen molar-refractivity contribution in [2.75, 3.05) is 29.6 Å². The molecule has 3 aromatic rings. The maximum Gasteiger partial charge on any atom is 0.229 e. The van der Waals surface area contributed by atoms with E-state index in [0.29, 0.717) is 12.4 Å². The number of anilines is 4. The number of hydrogen-bond acceptors (Lipinski definition) is 5. The lowest BCUT2D eigenvalue weighted by atomic mass is 10.1. The first-order valence-electron chi connectivity index (χ1n) is 9.73. The molecule has 2 N–H and O–H groups in total. The van der Waals surface area contributed by atoms with Crippen LogP contribution >= 0.6 is 0 Å². The van der Waals surface area contributed by atoms with Crippen molar-refractivity contribution < 1.29 is 4.79 Å². The van der Waals surface area contributed by atoms with Crippen molar-refractivity contribution in [2.24, 2.45) is 0 Å². The minimum Gasteiger partial charge on any atom is -0.363 e. The highest BCUT2D eigenvalue weighted by Gasteiger charge is 2.06. The highest BCUT2D eigenvalue weighted by Crippen LogP contribution is 2.19. The fourth-order valence-electron chi connectivity index (χ4n) is 2.92. The number of amides is 1. The van der Waals surface area contributed by atoms with Crippen LogP contribution < -0.4 is 15.5 Å². The number of carbonyl (C=O) groups is 1. The number of rotatable bonds is 8. The number of benzene rings is 2. The number of nitrogens with one attached hydrogen (secondary N) is 2. The van der Waals surface area contributed by atoms with E-state index < -0.39 is 0 Å². The molecule has 6 heteroatoms. The van der Waals surface area contributed by atoms with Gasteiger partial charge < -0.3 is 15.5 Å². The van der Waals surface area contributed by atoms with Crippen molar-refractivity contribution in [3.8, 4) is 0 Å². The summed E-state index contributed by atoms with van der Waals surface area (Å²) >= 11 is 0. The number of aryl methyl sites for hydroxylation is 2. The molecule has 2 aromatic carbocycles. The molecule has 1 amide bonds. The van der Waals surface area contributed by atoms with E-state index in [1.165, 1.54) is 5.56 Å². The number of aromatic nitrogens is 2. The SMILES string of the molecule is Cc1cc(N(C)C)nc(Nc2ccc(NC(=O)CCCc3ccccc3)cc2)n1. The summed E-state index contributed by atoms with van der Waals surface area (Å²) in [5, 5.41) is 6.16. The van der Waals surface area contributed by atoms with Gasteiger partial charge >= 0.3 is 0 Å². The molecule has 1 heterocycles. The topological polar surface area (TPSA) is 70.2 Å². The van der Waals surface area contributed by atoms with Crippen LogP contribution in [0.3, 0.4) is 0 Å². The van der Waals surface area contributed by atoms with Crippen molar-refractivity contribution in [1.82, 2.24) is 9.97 Å². The van der Waals surface area contributed by atoms with Gasteiger partial charge in [-0.05, 0) is 49.6 Å². The fourth-order valence-corrected chi connectivity index (χ4v) is 2.92. The second kappa shape index (κ2) is 9.68.